The lowest BCUT2D eigenvalue weighted by Crippen LogP contribution is -2.11. The minimum Gasteiger partial charge on any atom is -0.371 e. The number of hydrogen-bond acceptors (Lipinski definition) is 5. The Hall–Kier alpha value is -1.00. The lowest BCUT2D eigenvalue weighted by Gasteiger charge is -2.07. The largest absolute Gasteiger partial charge is 0.371 e. The van der Waals surface area contributed by atoms with Crippen molar-refractivity contribution in [2.75, 3.05) is 0 Å². The summed E-state index contributed by atoms with van der Waals surface area (Å²) >= 11 is 0. The number of aliphatic hydroxyl groups excluding tert-OH is 1. The second-order valence-electron chi connectivity index (χ2n) is 2.91. The van der Waals surface area contributed by atoms with Crippen molar-refractivity contribution < 1.29 is 31.0 Å². The van der Waals surface area contributed by atoms with E-state index in [2.05, 4.69) is 0 Å². The number of hydrogen-bond donors (Lipinski definition) is 3. The van der Waals surface area contributed by atoms with Crippen molar-refractivity contribution in [2.24, 2.45) is 0 Å². The van der Waals surface area contributed by atoms with Gasteiger partial charge in [-0.25, -0.2) is 0 Å². The van der Waals surface area contributed by atoms with E-state index in [1.807, 2.05) is 0 Å². The van der Waals surface area contributed by atoms with Crippen molar-refractivity contribution in [2.45, 2.75) is 10.3 Å². The van der Waals surface area contributed by atoms with Crippen molar-refractivity contribution in [3.8, 4) is 0 Å². The van der Waals surface area contributed by atoms with Crippen molar-refractivity contribution >= 4 is 20.2 Å². The van der Waals surface area contributed by atoms with E-state index in [4.69, 9.17) is 14.2 Å². The average molecular weight is 268 g/mol. The fraction of sp³-hybridized carbons (Fsp3) is 0.143. The third-order valence-electron chi connectivity index (χ3n) is 1.75. The second kappa shape index (κ2) is 4.11. The highest BCUT2D eigenvalue weighted by atomic mass is 32.2. The molecule has 3 N–H and O–H groups in total. The molecule has 0 amide bonds. The summed E-state index contributed by atoms with van der Waals surface area (Å²) in [6, 6.07) is 3.72. The number of aliphatic hydroxyl groups is 1. The van der Waals surface area contributed by atoms with Crippen LogP contribution < -0.4 is 0 Å². The van der Waals surface area contributed by atoms with E-state index in [1.165, 1.54) is 0 Å². The van der Waals surface area contributed by atoms with Crippen molar-refractivity contribution in [3.63, 3.8) is 0 Å². The van der Waals surface area contributed by atoms with Crippen LogP contribution in [0.3, 0.4) is 0 Å². The van der Waals surface area contributed by atoms with Gasteiger partial charge in [0, 0.05) is 0 Å². The van der Waals surface area contributed by atoms with E-state index >= 15 is 0 Å². The SMILES string of the molecule is O=S(=O)(O)c1ccc(C(O)S(=O)(=O)O)cc1. The Morgan fingerprint density at radius 3 is 1.69 bits per heavy atom. The lowest BCUT2D eigenvalue weighted by atomic mass is 10.2. The molecule has 0 aliphatic heterocycles. The van der Waals surface area contributed by atoms with E-state index in [0.29, 0.717) is 0 Å². The Bertz CT molecular complexity index is 570. The first-order valence-electron chi connectivity index (χ1n) is 3.84. The minimum atomic E-state index is -4.66. The van der Waals surface area contributed by atoms with Gasteiger partial charge in [-0.1, -0.05) is 12.1 Å². The Labute approximate surface area is 91.8 Å². The van der Waals surface area contributed by atoms with E-state index in [0.717, 1.165) is 24.3 Å². The van der Waals surface area contributed by atoms with Gasteiger partial charge in [-0.3, -0.25) is 9.11 Å². The predicted octanol–water partition coefficient (Wildman–Crippen LogP) is -0.188. The van der Waals surface area contributed by atoms with Gasteiger partial charge in [0.15, 0.2) is 0 Å². The van der Waals surface area contributed by atoms with Crippen LogP contribution in [0.2, 0.25) is 0 Å². The summed E-state index contributed by atoms with van der Waals surface area (Å²) in [7, 11) is -9.03. The molecule has 1 aromatic rings. The highest BCUT2D eigenvalue weighted by molar-refractivity contribution is 7.86. The first kappa shape index (κ1) is 13.1. The van der Waals surface area contributed by atoms with Gasteiger partial charge in [-0.2, -0.15) is 16.8 Å². The lowest BCUT2D eigenvalue weighted by molar-refractivity contribution is 0.238. The Morgan fingerprint density at radius 1 is 0.938 bits per heavy atom. The molecule has 0 fully saturated rings. The standard InChI is InChI=1S/C7H8O7S2/c8-7(16(12,13)14)5-1-3-6(4-2-5)15(9,10)11/h1-4,7-8H,(H,9,10,11)(H,12,13,14). The van der Waals surface area contributed by atoms with Gasteiger partial charge in [-0.05, 0) is 17.7 Å². The summed E-state index contributed by atoms with van der Waals surface area (Å²) in [6.07, 6.45) is 0. The zero-order chi connectivity index (χ0) is 12.6. The molecule has 0 radical (unpaired) electrons. The average Bonchev–Trinajstić information content (AvgIpc) is 2.14. The zero-order valence-electron chi connectivity index (χ0n) is 7.68. The summed E-state index contributed by atoms with van der Waals surface area (Å²) in [6.45, 7) is 0. The molecular formula is C7H8O7S2. The molecule has 0 saturated heterocycles. The molecule has 16 heavy (non-hydrogen) atoms. The molecule has 0 aliphatic rings. The maximum Gasteiger partial charge on any atom is 0.296 e. The predicted molar refractivity (Wildman–Crippen MR) is 52.8 cm³/mol. The molecule has 0 aromatic heterocycles. The number of rotatable bonds is 3. The normalized spacial score (nSPS) is 14.7. The molecule has 7 nitrogen and oxygen atoms in total. The summed E-state index contributed by atoms with van der Waals surface area (Å²) in [5, 5.41) is 9.10. The van der Waals surface area contributed by atoms with Crippen LogP contribution in [0.5, 0.6) is 0 Å². The molecule has 0 spiro atoms. The molecule has 0 saturated carbocycles. The van der Waals surface area contributed by atoms with Crippen molar-refractivity contribution in [1.82, 2.24) is 0 Å². The molecule has 1 unspecified atom stereocenters. The smallest absolute Gasteiger partial charge is 0.296 e. The van der Waals surface area contributed by atoms with Gasteiger partial charge in [-0.15, -0.1) is 0 Å². The second-order valence-corrected chi connectivity index (χ2v) is 5.81. The van der Waals surface area contributed by atoms with E-state index in [1.54, 1.807) is 0 Å². The summed E-state index contributed by atoms with van der Waals surface area (Å²) < 4.78 is 59.5. The van der Waals surface area contributed by atoms with Crippen molar-refractivity contribution in [3.05, 3.63) is 29.8 Å². The molecule has 0 aliphatic carbocycles. The molecular weight excluding hydrogens is 260 g/mol. The molecule has 90 valence electrons. The van der Waals surface area contributed by atoms with E-state index in [-0.39, 0.29) is 5.56 Å². The first-order valence-corrected chi connectivity index (χ1v) is 6.78. The molecule has 0 bridgehead atoms. The Balaban J connectivity index is 3.15. The van der Waals surface area contributed by atoms with Gasteiger partial charge in [0.05, 0.1) is 4.90 Å². The van der Waals surface area contributed by atoms with Crippen LogP contribution >= 0.6 is 0 Å². The first-order chi connectivity index (χ1) is 7.12. The van der Waals surface area contributed by atoms with Gasteiger partial charge in [0.1, 0.15) is 0 Å². The molecule has 1 atom stereocenters. The third kappa shape index (κ3) is 3.00. The molecule has 9 heteroatoms. The van der Waals surface area contributed by atoms with E-state index < -0.39 is 30.6 Å². The summed E-state index contributed by atoms with van der Waals surface area (Å²) in [4.78, 5) is -0.446. The fourth-order valence-corrected chi connectivity index (χ4v) is 1.96. The molecule has 1 aromatic carbocycles. The highest BCUT2D eigenvalue weighted by Crippen LogP contribution is 2.19. The van der Waals surface area contributed by atoms with Gasteiger partial charge >= 0.3 is 0 Å². The maximum atomic E-state index is 10.6. The maximum absolute atomic E-state index is 10.6. The summed E-state index contributed by atoms with van der Waals surface area (Å²) in [5.41, 5.74) is -2.36. The van der Waals surface area contributed by atoms with Gasteiger partial charge < -0.3 is 5.11 Å². The van der Waals surface area contributed by atoms with Crippen LogP contribution in [-0.2, 0) is 20.2 Å². The van der Waals surface area contributed by atoms with Gasteiger partial charge in [0.25, 0.3) is 20.2 Å². The Morgan fingerprint density at radius 2 is 1.38 bits per heavy atom. The third-order valence-corrected chi connectivity index (χ3v) is 3.45. The quantitative estimate of drug-likeness (QED) is 0.648. The zero-order valence-corrected chi connectivity index (χ0v) is 9.31. The monoisotopic (exact) mass is 268 g/mol. The van der Waals surface area contributed by atoms with Crippen LogP contribution in [0.15, 0.2) is 29.2 Å². The minimum absolute atomic E-state index is 0.213. The van der Waals surface area contributed by atoms with Crippen LogP contribution in [0, 0.1) is 0 Å². The molecule has 0 heterocycles. The van der Waals surface area contributed by atoms with Gasteiger partial charge in [0.2, 0.25) is 5.44 Å². The Kier molecular flexibility index (Phi) is 3.35. The summed E-state index contributed by atoms with van der Waals surface area (Å²) in [5.74, 6) is 0. The van der Waals surface area contributed by atoms with Crippen LogP contribution in [-0.4, -0.2) is 31.0 Å². The van der Waals surface area contributed by atoms with Crippen LogP contribution in [0.25, 0.3) is 0 Å². The highest BCUT2D eigenvalue weighted by Gasteiger charge is 2.22. The topological polar surface area (TPSA) is 129 Å². The number of benzene rings is 1. The van der Waals surface area contributed by atoms with Crippen molar-refractivity contribution in [1.29, 1.82) is 0 Å². The fourth-order valence-electron chi connectivity index (χ4n) is 0.976. The van der Waals surface area contributed by atoms with Crippen LogP contribution in [0.1, 0.15) is 11.0 Å². The van der Waals surface area contributed by atoms with Crippen LogP contribution in [0.4, 0.5) is 0 Å². The molecule has 1 rings (SSSR count). The van der Waals surface area contributed by atoms with E-state index in [9.17, 15) is 16.8 Å².